The van der Waals surface area contributed by atoms with Gasteiger partial charge >= 0.3 is 6.03 Å². The van der Waals surface area contributed by atoms with Crippen LogP contribution < -0.4 is 10.6 Å². The highest BCUT2D eigenvalue weighted by atomic mass is 32.1. The summed E-state index contributed by atoms with van der Waals surface area (Å²) in [6, 6.07) is 4.07. The Labute approximate surface area is 197 Å². The lowest BCUT2D eigenvalue weighted by atomic mass is 9.92. The summed E-state index contributed by atoms with van der Waals surface area (Å²) >= 11 is 1.89. The van der Waals surface area contributed by atoms with E-state index >= 15 is 0 Å². The van der Waals surface area contributed by atoms with Gasteiger partial charge in [0.2, 0.25) is 0 Å². The van der Waals surface area contributed by atoms with Gasteiger partial charge in [0.05, 0.1) is 6.04 Å². The van der Waals surface area contributed by atoms with Gasteiger partial charge in [-0.1, -0.05) is 20.8 Å². The van der Waals surface area contributed by atoms with E-state index in [1.807, 2.05) is 18.3 Å². The molecule has 1 atom stereocenters. The Morgan fingerprint density at radius 3 is 2.69 bits per heavy atom. The first-order valence-corrected chi connectivity index (χ1v) is 13.0. The molecule has 1 aliphatic heterocycles. The molecule has 0 radical (unpaired) electrons. The Balaban J connectivity index is 1.84. The van der Waals surface area contributed by atoms with Crippen molar-refractivity contribution in [3.8, 4) is 5.00 Å². The molecule has 0 spiro atoms. The monoisotopic (exact) mass is 460 g/mol. The number of aromatic nitrogens is 1. The number of hydrogen-bond donors (Lipinski definition) is 2. The maximum absolute atomic E-state index is 12.8. The standard InChI is InChI=1S/C25H40N4O2S/c1-5-28-16-12-20-22(18-28)32-24(29-14-7-8-15-29)23(20)21(11-10-19(3)4)27-25(30)26-13-9-17-31-6-2/h7-8,14-15,19,21H,5-6,9-13,16-18H2,1-4H3,(H2,26,27,30)/t21-/m0/s1. The average Bonchev–Trinajstić information content (AvgIpc) is 3.43. The van der Waals surface area contributed by atoms with Crippen LogP contribution >= 0.6 is 11.3 Å². The van der Waals surface area contributed by atoms with Crippen LogP contribution in [-0.4, -0.2) is 48.3 Å². The first-order chi connectivity index (χ1) is 15.5. The van der Waals surface area contributed by atoms with Crippen molar-refractivity contribution >= 4 is 17.4 Å². The molecule has 1 aliphatic rings. The number of nitrogens with one attached hydrogen (secondary N) is 2. The summed E-state index contributed by atoms with van der Waals surface area (Å²) < 4.78 is 7.60. The average molecular weight is 461 g/mol. The minimum atomic E-state index is -0.0837. The summed E-state index contributed by atoms with van der Waals surface area (Å²) in [7, 11) is 0. The molecule has 3 heterocycles. The van der Waals surface area contributed by atoms with Crippen LogP contribution in [-0.2, 0) is 17.7 Å². The van der Waals surface area contributed by atoms with Gasteiger partial charge in [0.15, 0.2) is 0 Å². The molecule has 32 heavy (non-hydrogen) atoms. The van der Waals surface area contributed by atoms with E-state index in [2.05, 4.69) is 65.4 Å². The Hall–Kier alpha value is -1.83. The van der Waals surface area contributed by atoms with Crippen molar-refractivity contribution in [1.82, 2.24) is 20.1 Å². The van der Waals surface area contributed by atoms with Crippen molar-refractivity contribution in [2.75, 3.05) is 32.8 Å². The Morgan fingerprint density at radius 1 is 1.22 bits per heavy atom. The zero-order valence-electron chi connectivity index (χ0n) is 20.2. The van der Waals surface area contributed by atoms with Crippen LogP contribution in [0.2, 0.25) is 0 Å². The second kappa shape index (κ2) is 12.4. The Bertz CT molecular complexity index is 831. The van der Waals surface area contributed by atoms with Gasteiger partial charge in [-0.05, 0) is 62.8 Å². The van der Waals surface area contributed by atoms with Crippen molar-refractivity contribution < 1.29 is 9.53 Å². The van der Waals surface area contributed by atoms with E-state index in [-0.39, 0.29) is 12.1 Å². The molecule has 2 aromatic rings. The molecule has 6 nitrogen and oxygen atoms in total. The zero-order chi connectivity index (χ0) is 22.9. The normalized spacial score (nSPS) is 15.0. The van der Waals surface area contributed by atoms with Gasteiger partial charge in [0.1, 0.15) is 5.00 Å². The van der Waals surface area contributed by atoms with Crippen LogP contribution in [0.3, 0.4) is 0 Å². The SMILES string of the molecule is CCOCCCNC(=O)N[C@@H](CCC(C)C)c1c(-n2cccc2)sc2c1CCN(CC)C2. The highest BCUT2D eigenvalue weighted by Crippen LogP contribution is 2.40. The molecule has 7 heteroatoms. The Morgan fingerprint density at radius 2 is 2.00 bits per heavy atom. The molecule has 3 rings (SSSR count). The number of carbonyl (C=O) groups excluding carboxylic acids is 1. The maximum Gasteiger partial charge on any atom is 0.315 e. The van der Waals surface area contributed by atoms with Gasteiger partial charge in [0.25, 0.3) is 0 Å². The number of ether oxygens (including phenoxy) is 1. The zero-order valence-corrected chi connectivity index (χ0v) is 21.0. The number of hydrogen-bond acceptors (Lipinski definition) is 4. The van der Waals surface area contributed by atoms with Gasteiger partial charge in [0, 0.05) is 55.7 Å². The van der Waals surface area contributed by atoms with E-state index in [1.165, 1.54) is 21.0 Å². The van der Waals surface area contributed by atoms with Crippen LogP contribution in [0.15, 0.2) is 24.5 Å². The molecule has 0 saturated heterocycles. The van der Waals surface area contributed by atoms with Gasteiger partial charge in [-0.3, -0.25) is 4.90 Å². The van der Waals surface area contributed by atoms with Crippen LogP contribution in [0.25, 0.3) is 5.00 Å². The van der Waals surface area contributed by atoms with E-state index in [1.54, 1.807) is 0 Å². The summed E-state index contributed by atoms with van der Waals surface area (Å²) in [6.07, 6.45) is 8.13. The molecule has 2 amide bonds. The molecule has 0 fully saturated rings. The van der Waals surface area contributed by atoms with Crippen molar-refractivity contribution in [1.29, 1.82) is 0 Å². The smallest absolute Gasteiger partial charge is 0.315 e. The van der Waals surface area contributed by atoms with E-state index in [0.717, 1.165) is 45.3 Å². The third-order valence-electron chi connectivity index (χ3n) is 6.09. The number of amides is 2. The fourth-order valence-corrected chi connectivity index (χ4v) is 5.69. The van der Waals surface area contributed by atoms with Gasteiger partial charge in [-0.25, -0.2) is 4.79 Å². The predicted octanol–water partition coefficient (Wildman–Crippen LogP) is 5.12. The molecule has 0 saturated carbocycles. The summed E-state index contributed by atoms with van der Waals surface area (Å²) in [4.78, 5) is 16.8. The molecular weight excluding hydrogens is 420 g/mol. The summed E-state index contributed by atoms with van der Waals surface area (Å²) in [6.45, 7) is 13.9. The molecule has 2 N–H and O–H groups in total. The molecule has 0 aromatic carbocycles. The van der Waals surface area contributed by atoms with Crippen molar-refractivity contribution in [2.24, 2.45) is 5.92 Å². The quantitative estimate of drug-likeness (QED) is 0.432. The third kappa shape index (κ3) is 6.59. The maximum atomic E-state index is 12.8. The number of nitrogens with zero attached hydrogens (tertiary/aromatic N) is 2. The van der Waals surface area contributed by atoms with Crippen LogP contribution in [0.1, 0.15) is 69.0 Å². The number of thiophene rings is 1. The van der Waals surface area contributed by atoms with Gasteiger partial charge in [-0.15, -0.1) is 11.3 Å². The van der Waals surface area contributed by atoms with Crippen LogP contribution in [0.5, 0.6) is 0 Å². The fraction of sp³-hybridized carbons (Fsp3) is 0.640. The minimum Gasteiger partial charge on any atom is -0.382 e. The number of urea groups is 1. The molecule has 2 aromatic heterocycles. The number of likely N-dealkylation sites (N-methyl/N-ethyl adjacent to an activating group) is 1. The lowest BCUT2D eigenvalue weighted by Gasteiger charge is -2.28. The summed E-state index contributed by atoms with van der Waals surface area (Å²) in [5, 5.41) is 7.62. The van der Waals surface area contributed by atoms with E-state index in [0.29, 0.717) is 25.7 Å². The topological polar surface area (TPSA) is 58.5 Å². The molecule has 0 aliphatic carbocycles. The van der Waals surface area contributed by atoms with Gasteiger partial charge in [-0.2, -0.15) is 0 Å². The van der Waals surface area contributed by atoms with E-state index in [9.17, 15) is 4.79 Å². The summed E-state index contributed by atoms with van der Waals surface area (Å²) in [5.74, 6) is 0.591. The predicted molar refractivity (Wildman–Crippen MR) is 133 cm³/mol. The first kappa shape index (κ1) is 24.8. The fourth-order valence-electron chi connectivity index (χ4n) is 4.28. The molecule has 0 unspecified atom stereocenters. The molecule has 0 bridgehead atoms. The van der Waals surface area contributed by atoms with E-state index in [4.69, 9.17) is 4.74 Å². The summed E-state index contributed by atoms with van der Waals surface area (Å²) in [5.41, 5.74) is 2.77. The van der Waals surface area contributed by atoms with Crippen molar-refractivity contribution in [2.45, 2.75) is 66.0 Å². The van der Waals surface area contributed by atoms with Crippen molar-refractivity contribution in [3.05, 3.63) is 40.5 Å². The number of fused-ring (bicyclic) bond motifs is 1. The Kier molecular flexibility index (Phi) is 9.63. The third-order valence-corrected chi connectivity index (χ3v) is 7.33. The lowest BCUT2D eigenvalue weighted by Crippen LogP contribution is -2.39. The molecular formula is C25H40N4O2S. The van der Waals surface area contributed by atoms with Gasteiger partial charge < -0.3 is 19.9 Å². The first-order valence-electron chi connectivity index (χ1n) is 12.2. The molecule has 178 valence electrons. The second-order valence-corrected chi connectivity index (χ2v) is 9.99. The minimum absolute atomic E-state index is 0.00914. The largest absolute Gasteiger partial charge is 0.382 e. The highest BCUT2D eigenvalue weighted by Gasteiger charge is 2.29. The lowest BCUT2D eigenvalue weighted by molar-refractivity contribution is 0.145. The van der Waals surface area contributed by atoms with Crippen LogP contribution in [0, 0.1) is 5.92 Å². The van der Waals surface area contributed by atoms with E-state index < -0.39 is 0 Å². The number of rotatable bonds is 12. The van der Waals surface area contributed by atoms with Crippen LogP contribution in [0.4, 0.5) is 4.79 Å². The van der Waals surface area contributed by atoms with Crippen molar-refractivity contribution in [3.63, 3.8) is 0 Å². The second-order valence-electron chi connectivity index (χ2n) is 8.91. The number of carbonyl (C=O) groups is 1. The highest BCUT2D eigenvalue weighted by molar-refractivity contribution is 7.15.